The number of hydrogen-bond acceptors (Lipinski definition) is 9. The van der Waals surface area contributed by atoms with Crippen molar-refractivity contribution in [2.75, 3.05) is 0 Å². The quantitative estimate of drug-likeness (QED) is 0.113. The van der Waals surface area contributed by atoms with Crippen LogP contribution in [0.2, 0.25) is 0 Å². The van der Waals surface area contributed by atoms with Crippen LogP contribution in [-0.4, -0.2) is 42.2 Å². The molecule has 34 heavy (non-hydrogen) atoms. The molecule has 0 saturated carbocycles. The Morgan fingerprint density at radius 1 is 0.853 bits per heavy atom. The molecule has 0 spiro atoms. The molecule has 1 aromatic heterocycles. The molecular formula is C16H15N4Na3O9S2. The van der Waals surface area contributed by atoms with Gasteiger partial charge in [0.1, 0.15) is 0 Å². The average Bonchev–Trinajstić information content (AvgIpc) is 3.01. The molecule has 168 valence electrons. The molecule has 0 fully saturated rings. The predicted octanol–water partition coefficient (Wildman–Crippen LogP) is -7.04. The summed E-state index contributed by atoms with van der Waals surface area (Å²) >= 11 is 0. The van der Waals surface area contributed by atoms with E-state index in [9.17, 15) is 26.4 Å². The smallest absolute Gasteiger partial charge is 1.00 e. The number of nitrogens with one attached hydrogen (secondary N) is 1. The zero-order valence-corrected chi connectivity index (χ0v) is 25.7. The fourth-order valence-corrected chi connectivity index (χ4v) is 3.33. The largest absolute Gasteiger partial charge is 1.00 e. The van der Waals surface area contributed by atoms with Crippen LogP contribution in [0, 0.1) is 0 Å². The van der Waals surface area contributed by atoms with Crippen LogP contribution in [0.25, 0.3) is 5.69 Å². The van der Waals surface area contributed by atoms with E-state index in [0.717, 1.165) is 28.9 Å². The number of rotatable bonds is 7. The van der Waals surface area contributed by atoms with E-state index in [4.69, 9.17) is 13.8 Å². The van der Waals surface area contributed by atoms with Gasteiger partial charge in [0.05, 0.1) is 21.2 Å². The van der Waals surface area contributed by atoms with Crippen LogP contribution in [-0.2, 0) is 25.0 Å². The second kappa shape index (κ2) is 13.6. The first-order valence-corrected chi connectivity index (χ1v) is 10.9. The minimum Gasteiger partial charge on any atom is -1.00 e. The van der Waals surface area contributed by atoms with Gasteiger partial charge >= 0.3 is 94.2 Å². The SMILES string of the molecule is O=COc1[nH]n(-c2ccc(S(=O)(=O)O)cc2)c(=O)c1N=Nc1ccc(S(=O)(=O)O)cc1.[H-].[H-].[H-].[Na+].[Na+].[Na+]. The molecule has 0 aliphatic rings. The Bertz CT molecular complexity index is 1450. The Balaban J connectivity index is -0.000000907. The van der Waals surface area contributed by atoms with E-state index in [1.54, 1.807) is 0 Å². The fraction of sp³-hybridized carbons (Fsp3) is 0. The van der Waals surface area contributed by atoms with E-state index >= 15 is 0 Å². The number of carbonyl (C=O) groups excluding carboxylic acids is 1. The van der Waals surface area contributed by atoms with Gasteiger partial charge in [0.2, 0.25) is 11.6 Å². The molecule has 0 unspecified atom stereocenters. The van der Waals surface area contributed by atoms with Crippen LogP contribution in [0.1, 0.15) is 4.28 Å². The number of aromatic nitrogens is 2. The molecular weight excluding hydrogens is 525 g/mol. The molecule has 18 heteroatoms. The van der Waals surface area contributed by atoms with Gasteiger partial charge in [0.25, 0.3) is 26.7 Å². The molecule has 0 aliphatic carbocycles. The minimum absolute atomic E-state index is 0. The fourth-order valence-electron chi connectivity index (χ4n) is 2.37. The Morgan fingerprint density at radius 2 is 1.32 bits per heavy atom. The number of nitrogens with zero attached hydrogens (tertiary/aromatic N) is 3. The van der Waals surface area contributed by atoms with Gasteiger partial charge in [-0.25, -0.2) is 4.68 Å². The molecule has 0 saturated heterocycles. The van der Waals surface area contributed by atoms with Gasteiger partial charge in [0, 0.05) is 0 Å². The predicted molar refractivity (Wildman–Crippen MR) is 107 cm³/mol. The summed E-state index contributed by atoms with van der Waals surface area (Å²) in [6.07, 6.45) is 0. The van der Waals surface area contributed by atoms with Crippen molar-refractivity contribution in [1.82, 2.24) is 9.78 Å². The molecule has 3 N–H and O–H groups in total. The van der Waals surface area contributed by atoms with Crippen LogP contribution < -0.4 is 99.0 Å². The van der Waals surface area contributed by atoms with Gasteiger partial charge in [-0.1, -0.05) is 0 Å². The number of H-pyrrole nitrogens is 1. The summed E-state index contributed by atoms with van der Waals surface area (Å²) in [5, 5.41) is 9.95. The van der Waals surface area contributed by atoms with Gasteiger partial charge in [-0.05, 0) is 48.5 Å². The second-order valence-electron chi connectivity index (χ2n) is 5.78. The molecule has 2 aromatic carbocycles. The van der Waals surface area contributed by atoms with Crippen LogP contribution in [0.15, 0.2) is 73.3 Å². The van der Waals surface area contributed by atoms with Crippen molar-refractivity contribution < 1.29 is 128 Å². The Hall–Kier alpha value is -0.660. The summed E-state index contributed by atoms with van der Waals surface area (Å²) in [5.41, 5.74) is -0.971. The molecule has 0 amide bonds. The number of aromatic amines is 1. The van der Waals surface area contributed by atoms with Crippen LogP contribution in [0.5, 0.6) is 5.88 Å². The van der Waals surface area contributed by atoms with Gasteiger partial charge in [-0.3, -0.25) is 23.8 Å². The molecule has 3 rings (SSSR count). The van der Waals surface area contributed by atoms with E-state index in [1.165, 1.54) is 24.3 Å². The van der Waals surface area contributed by atoms with Crippen molar-refractivity contribution in [1.29, 1.82) is 0 Å². The average molecular weight is 540 g/mol. The summed E-state index contributed by atoms with van der Waals surface area (Å²) in [4.78, 5) is 22.6. The first-order valence-electron chi connectivity index (χ1n) is 8.03. The molecule has 0 atom stereocenters. The van der Waals surface area contributed by atoms with Gasteiger partial charge in [0.15, 0.2) is 0 Å². The molecule has 0 radical (unpaired) electrons. The summed E-state index contributed by atoms with van der Waals surface area (Å²) < 4.78 is 67.9. The minimum atomic E-state index is -4.43. The van der Waals surface area contributed by atoms with E-state index in [1.807, 2.05) is 0 Å². The third-order valence-corrected chi connectivity index (χ3v) is 5.53. The first kappa shape index (κ1) is 33.3. The van der Waals surface area contributed by atoms with Crippen molar-refractivity contribution in [3.63, 3.8) is 0 Å². The number of ether oxygens (including phenoxy) is 1. The van der Waals surface area contributed by atoms with Crippen molar-refractivity contribution in [2.45, 2.75) is 9.79 Å². The third kappa shape index (κ3) is 8.19. The number of carbonyl (C=O) groups is 1. The van der Waals surface area contributed by atoms with Crippen LogP contribution in [0.4, 0.5) is 11.4 Å². The van der Waals surface area contributed by atoms with E-state index in [0.29, 0.717) is 0 Å². The van der Waals surface area contributed by atoms with Gasteiger partial charge < -0.3 is 9.02 Å². The topological polar surface area (TPSA) is 198 Å². The Morgan fingerprint density at radius 3 is 1.76 bits per heavy atom. The Kier molecular flexibility index (Phi) is 13.3. The standard InChI is InChI=1S/C16H12N4O9S2.3Na.3H/c21-9-29-15-14(18-17-10-1-5-12(6-2-10)30(23,24)25)16(22)20(19-15)11-3-7-13(8-4-11)31(26,27)28;;;;;;/h1-9,19H,(H,23,24,25)(H,26,27,28);;;;;;/q;3*+1;3*-1. The maximum atomic E-state index is 12.7. The number of benzene rings is 2. The van der Waals surface area contributed by atoms with Crippen molar-refractivity contribution in [2.24, 2.45) is 10.2 Å². The summed E-state index contributed by atoms with van der Waals surface area (Å²) in [6.45, 7) is 0.0387. The van der Waals surface area contributed by atoms with Crippen molar-refractivity contribution in [3.05, 3.63) is 58.9 Å². The normalized spacial score (nSPS) is 11.1. The van der Waals surface area contributed by atoms with Crippen molar-refractivity contribution >= 4 is 38.1 Å². The molecule has 0 aliphatic heterocycles. The van der Waals surface area contributed by atoms with E-state index in [2.05, 4.69) is 15.3 Å². The zero-order chi connectivity index (χ0) is 22.8. The van der Waals surface area contributed by atoms with E-state index in [-0.39, 0.29) is 122 Å². The molecule has 1 heterocycles. The maximum Gasteiger partial charge on any atom is 1.00 e. The van der Waals surface area contributed by atoms with Crippen LogP contribution >= 0.6 is 0 Å². The molecule has 13 nitrogen and oxygen atoms in total. The second-order valence-corrected chi connectivity index (χ2v) is 8.63. The zero-order valence-electron chi connectivity index (χ0n) is 21.1. The van der Waals surface area contributed by atoms with Gasteiger partial charge in [-0.2, -0.15) is 21.9 Å². The summed E-state index contributed by atoms with van der Waals surface area (Å²) in [7, 11) is -8.82. The summed E-state index contributed by atoms with van der Waals surface area (Å²) in [5.74, 6) is -0.364. The van der Waals surface area contributed by atoms with Crippen LogP contribution in [0.3, 0.4) is 0 Å². The molecule has 0 bridgehead atoms. The Labute approximate surface area is 263 Å². The number of azo groups is 1. The van der Waals surface area contributed by atoms with Gasteiger partial charge in [-0.15, -0.1) is 5.11 Å². The molecule has 3 aromatic rings. The van der Waals surface area contributed by atoms with E-state index < -0.39 is 36.4 Å². The monoisotopic (exact) mass is 540 g/mol. The number of hydrogen-bond donors (Lipinski definition) is 3. The summed E-state index contributed by atoms with van der Waals surface area (Å²) in [6, 6.07) is 9.09. The maximum absolute atomic E-state index is 12.7. The first-order chi connectivity index (χ1) is 14.5. The third-order valence-electron chi connectivity index (χ3n) is 3.79. The van der Waals surface area contributed by atoms with Crippen molar-refractivity contribution in [3.8, 4) is 11.6 Å².